The van der Waals surface area contributed by atoms with Crippen molar-refractivity contribution in [2.75, 3.05) is 25.0 Å². The van der Waals surface area contributed by atoms with Crippen molar-refractivity contribution < 1.29 is 9.90 Å². The molecule has 29 heavy (non-hydrogen) atoms. The second-order valence-electron chi connectivity index (χ2n) is 7.05. The number of nitrogens with zero attached hydrogens (tertiary/aromatic N) is 7. The summed E-state index contributed by atoms with van der Waals surface area (Å²) in [7, 11) is 1.90. The van der Waals surface area contributed by atoms with Gasteiger partial charge in [-0.25, -0.2) is 19.7 Å². The van der Waals surface area contributed by atoms with E-state index in [0.717, 1.165) is 42.1 Å². The van der Waals surface area contributed by atoms with Gasteiger partial charge in [-0.3, -0.25) is 0 Å². The number of aromatic nitrogens is 5. The van der Waals surface area contributed by atoms with E-state index in [1.165, 1.54) is 4.90 Å². The Morgan fingerprint density at radius 3 is 2.69 bits per heavy atom. The number of likely N-dealkylation sites (tertiary alicyclic amines) is 1. The van der Waals surface area contributed by atoms with E-state index in [9.17, 15) is 4.79 Å². The number of amides is 1. The van der Waals surface area contributed by atoms with Crippen LogP contribution >= 0.6 is 11.6 Å². The second kappa shape index (κ2) is 7.82. The summed E-state index contributed by atoms with van der Waals surface area (Å²) in [5.41, 5.74) is 2.61. The molecule has 1 saturated heterocycles. The number of hydrogen-bond donors (Lipinski definition) is 1. The molecule has 0 unspecified atom stereocenters. The Balaban J connectivity index is 1.71. The number of imidazole rings is 1. The van der Waals surface area contributed by atoms with E-state index in [2.05, 4.69) is 16.9 Å². The zero-order valence-corrected chi connectivity index (χ0v) is 17.0. The van der Waals surface area contributed by atoms with Gasteiger partial charge in [0.05, 0.1) is 11.4 Å². The van der Waals surface area contributed by atoms with Gasteiger partial charge in [0.1, 0.15) is 5.82 Å². The molecule has 0 spiro atoms. The molecule has 1 fully saturated rings. The largest absolute Gasteiger partial charge is 0.465 e. The van der Waals surface area contributed by atoms with Crippen molar-refractivity contribution in [3.63, 3.8) is 0 Å². The van der Waals surface area contributed by atoms with Gasteiger partial charge in [0.25, 0.3) is 0 Å². The summed E-state index contributed by atoms with van der Waals surface area (Å²) in [6.07, 6.45) is 3.01. The average molecular weight is 416 g/mol. The molecular weight excluding hydrogens is 394 g/mol. The zero-order chi connectivity index (χ0) is 20.5. The van der Waals surface area contributed by atoms with Crippen molar-refractivity contribution in [2.45, 2.75) is 32.1 Å². The van der Waals surface area contributed by atoms with Crippen molar-refractivity contribution in [3.05, 3.63) is 41.1 Å². The smallest absolute Gasteiger partial charge is 0.407 e. The maximum Gasteiger partial charge on any atom is 0.407 e. The van der Waals surface area contributed by atoms with E-state index in [0.29, 0.717) is 18.9 Å². The lowest BCUT2D eigenvalue weighted by Crippen LogP contribution is -2.37. The molecule has 0 atom stereocenters. The number of anilines is 2. The van der Waals surface area contributed by atoms with Crippen LogP contribution in [-0.4, -0.2) is 60.8 Å². The lowest BCUT2D eigenvalue weighted by molar-refractivity contribution is 0.131. The van der Waals surface area contributed by atoms with Crippen LogP contribution in [0.3, 0.4) is 0 Å². The predicted octanol–water partition coefficient (Wildman–Crippen LogP) is 3.36. The zero-order valence-electron chi connectivity index (χ0n) is 16.3. The van der Waals surface area contributed by atoms with Crippen LogP contribution in [0.1, 0.15) is 37.1 Å². The highest BCUT2D eigenvalue weighted by Crippen LogP contribution is 2.30. The van der Waals surface area contributed by atoms with Crippen molar-refractivity contribution in [1.82, 2.24) is 29.5 Å². The molecule has 0 bridgehead atoms. The summed E-state index contributed by atoms with van der Waals surface area (Å²) in [5, 5.41) is 14.2. The number of carboxylic acid groups (broad SMARTS) is 1. The normalized spacial score (nSPS) is 15.1. The highest BCUT2D eigenvalue weighted by Gasteiger charge is 2.26. The monoisotopic (exact) mass is 415 g/mol. The van der Waals surface area contributed by atoms with Crippen LogP contribution in [0.25, 0.3) is 5.65 Å². The summed E-state index contributed by atoms with van der Waals surface area (Å²) in [6.45, 7) is 3.10. The van der Waals surface area contributed by atoms with Crippen molar-refractivity contribution >= 4 is 35.0 Å². The SMILES string of the molecule is CCc1nc2ccc(C3CCN(C(=O)O)CC3)nn2c1N(C)c1ccnc(Cl)n1. The third-order valence-corrected chi connectivity index (χ3v) is 5.52. The molecule has 1 aliphatic heterocycles. The number of piperidine rings is 1. The molecular formula is C19H22ClN7O2. The third kappa shape index (κ3) is 3.69. The maximum absolute atomic E-state index is 11.2. The lowest BCUT2D eigenvalue weighted by atomic mass is 9.93. The van der Waals surface area contributed by atoms with Crippen molar-refractivity contribution in [2.24, 2.45) is 0 Å². The first-order valence-electron chi connectivity index (χ1n) is 9.56. The quantitative estimate of drug-likeness (QED) is 0.652. The van der Waals surface area contributed by atoms with Crippen molar-refractivity contribution in [1.29, 1.82) is 0 Å². The van der Waals surface area contributed by atoms with Gasteiger partial charge in [0.15, 0.2) is 11.5 Å². The van der Waals surface area contributed by atoms with E-state index in [1.807, 2.05) is 28.6 Å². The highest BCUT2D eigenvalue weighted by atomic mass is 35.5. The molecule has 0 aromatic carbocycles. The van der Waals surface area contributed by atoms with Crippen LogP contribution in [0.5, 0.6) is 0 Å². The van der Waals surface area contributed by atoms with Crippen molar-refractivity contribution in [3.8, 4) is 0 Å². The third-order valence-electron chi connectivity index (χ3n) is 5.34. The molecule has 9 nitrogen and oxygen atoms in total. The number of halogens is 1. The Morgan fingerprint density at radius 1 is 1.28 bits per heavy atom. The van der Waals surface area contributed by atoms with E-state index in [-0.39, 0.29) is 11.2 Å². The van der Waals surface area contributed by atoms with Crippen LogP contribution in [0.15, 0.2) is 24.4 Å². The van der Waals surface area contributed by atoms with E-state index < -0.39 is 6.09 Å². The first-order valence-corrected chi connectivity index (χ1v) is 9.94. The van der Waals surface area contributed by atoms with Gasteiger partial charge < -0.3 is 14.9 Å². The van der Waals surface area contributed by atoms with Gasteiger partial charge in [-0.15, -0.1) is 0 Å². The first kappa shape index (κ1) is 19.4. The van der Waals surface area contributed by atoms with Crippen LogP contribution < -0.4 is 4.90 Å². The molecule has 10 heteroatoms. The van der Waals surface area contributed by atoms with E-state index in [4.69, 9.17) is 26.8 Å². The standard InChI is InChI=1S/C19H22ClN7O2/c1-3-13-17(25(2)15-6-9-21-18(20)23-15)27-16(22-13)5-4-14(24-27)12-7-10-26(11-8-12)19(28)29/h4-6,9,12H,3,7-8,10-11H2,1-2H3,(H,28,29). The Bertz CT molecular complexity index is 1050. The molecule has 1 aliphatic rings. The number of hydrogen-bond acceptors (Lipinski definition) is 6. The van der Waals surface area contributed by atoms with Crippen LogP contribution in [0, 0.1) is 0 Å². The molecule has 0 aliphatic carbocycles. The first-order chi connectivity index (χ1) is 14.0. The number of aryl methyl sites for hydroxylation is 1. The number of rotatable bonds is 4. The second-order valence-corrected chi connectivity index (χ2v) is 7.39. The summed E-state index contributed by atoms with van der Waals surface area (Å²) < 4.78 is 1.84. The van der Waals surface area contributed by atoms with Gasteiger partial charge in [-0.2, -0.15) is 9.61 Å². The summed E-state index contributed by atoms with van der Waals surface area (Å²) in [6, 6.07) is 5.75. The number of carbonyl (C=O) groups is 1. The fourth-order valence-electron chi connectivity index (χ4n) is 3.76. The minimum Gasteiger partial charge on any atom is -0.465 e. The van der Waals surface area contributed by atoms with Gasteiger partial charge >= 0.3 is 6.09 Å². The summed E-state index contributed by atoms with van der Waals surface area (Å²) in [5.74, 6) is 1.71. The molecule has 3 aromatic rings. The van der Waals surface area contributed by atoms with Gasteiger partial charge in [-0.1, -0.05) is 6.92 Å². The van der Waals surface area contributed by atoms with E-state index >= 15 is 0 Å². The Labute approximate surface area is 173 Å². The summed E-state index contributed by atoms with van der Waals surface area (Å²) in [4.78, 5) is 27.5. The molecule has 3 aromatic heterocycles. The Hall–Kier alpha value is -2.94. The molecule has 0 radical (unpaired) electrons. The topological polar surface area (TPSA) is 99.8 Å². The maximum atomic E-state index is 11.2. The van der Waals surface area contributed by atoms with Crippen LogP contribution in [0.2, 0.25) is 5.28 Å². The molecule has 152 valence electrons. The predicted molar refractivity (Wildman–Crippen MR) is 109 cm³/mol. The molecule has 0 saturated carbocycles. The highest BCUT2D eigenvalue weighted by molar-refractivity contribution is 6.28. The van der Waals surface area contributed by atoms with Gasteiger partial charge in [-0.05, 0) is 49.1 Å². The molecule has 4 heterocycles. The van der Waals surface area contributed by atoms with Crippen LogP contribution in [-0.2, 0) is 6.42 Å². The fraction of sp³-hybridized carbons (Fsp3) is 0.421. The fourth-order valence-corrected chi connectivity index (χ4v) is 3.90. The van der Waals surface area contributed by atoms with E-state index in [1.54, 1.807) is 12.3 Å². The minimum absolute atomic E-state index is 0.181. The summed E-state index contributed by atoms with van der Waals surface area (Å²) >= 11 is 5.97. The molecule has 4 rings (SSSR count). The van der Waals surface area contributed by atoms with Gasteiger partial charge in [0.2, 0.25) is 5.28 Å². The molecule has 1 N–H and O–H groups in total. The Morgan fingerprint density at radius 2 is 2.03 bits per heavy atom. The average Bonchev–Trinajstić information content (AvgIpc) is 3.11. The van der Waals surface area contributed by atoms with Crippen LogP contribution in [0.4, 0.5) is 16.4 Å². The minimum atomic E-state index is -0.860. The lowest BCUT2D eigenvalue weighted by Gasteiger charge is -2.29. The Kier molecular flexibility index (Phi) is 5.23. The number of fused-ring (bicyclic) bond motifs is 1. The van der Waals surface area contributed by atoms with Gasteiger partial charge in [0, 0.05) is 32.3 Å². The molecule has 1 amide bonds.